The summed E-state index contributed by atoms with van der Waals surface area (Å²) in [5.74, 6) is 0.812. The lowest BCUT2D eigenvalue weighted by Gasteiger charge is -2.22. The van der Waals surface area contributed by atoms with E-state index in [4.69, 9.17) is 5.73 Å². The summed E-state index contributed by atoms with van der Waals surface area (Å²) in [5, 5.41) is 3.44. The van der Waals surface area contributed by atoms with E-state index < -0.39 is 0 Å². The molecule has 1 atom stereocenters. The Balaban J connectivity index is 1.92. The molecule has 0 bridgehead atoms. The van der Waals surface area contributed by atoms with E-state index >= 15 is 0 Å². The molecule has 3 N–H and O–H groups in total. The second-order valence-electron chi connectivity index (χ2n) is 4.16. The second kappa shape index (κ2) is 4.47. The average molecular weight is 190 g/mol. The number of nitrogens with one attached hydrogen (secondary N) is 1. The quantitative estimate of drug-likeness (QED) is 0.698. The molecule has 0 aromatic heterocycles. The molecular formula is C12H18N2. The van der Waals surface area contributed by atoms with Gasteiger partial charge in [-0.05, 0) is 56.0 Å². The van der Waals surface area contributed by atoms with Crippen molar-refractivity contribution in [2.24, 2.45) is 5.92 Å². The first-order chi connectivity index (χ1) is 6.84. The Morgan fingerprint density at radius 3 is 2.71 bits per heavy atom. The lowest BCUT2D eigenvalue weighted by atomic mass is 9.92. The summed E-state index contributed by atoms with van der Waals surface area (Å²) in [6, 6.07) is 8.27. The monoisotopic (exact) mass is 190 g/mol. The molecule has 0 aliphatic carbocycles. The third-order valence-corrected chi connectivity index (χ3v) is 2.90. The number of hydrogen-bond donors (Lipinski definition) is 2. The fourth-order valence-electron chi connectivity index (χ4n) is 2.09. The van der Waals surface area contributed by atoms with Crippen molar-refractivity contribution in [3.05, 3.63) is 29.8 Å². The van der Waals surface area contributed by atoms with Gasteiger partial charge in [-0.25, -0.2) is 0 Å². The summed E-state index contributed by atoms with van der Waals surface area (Å²) in [6.45, 7) is 2.36. The van der Waals surface area contributed by atoms with Gasteiger partial charge in [0.25, 0.3) is 0 Å². The molecule has 0 amide bonds. The van der Waals surface area contributed by atoms with Crippen LogP contribution in [0.25, 0.3) is 0 Å². The Morgan fingerprint density at radius 1 is 1.29 bits per heavy atom. The third kappa shape index (κ3) is 2.48. The molecule has 0 saturated carbocycles. The minimum absolute atomic E-state index is 0.812. The molecule has 1 heterocycles. The Bertz CT molecular complexity index is 273. The van der Waals surface area contributed by atoms with Crippen molar-refractivity contribution in [2.45, 2.75) is 19.3 Å². The van der Waals surface area contributed by atoms with Gasteiger partial charge in [-0.3, -0.25) is 0 Å². The minimum atomic E-state index is 0.812. The zero-order chi connectivity index (χ0) is 9.80. The Labute approximate surface area is 85.5 Å². The molecule has 1 fully saturated rings. The number of nitrogen functional groups attached to an aromatic ring is 1. The van der Waals surface area contributed by atoms with Crippen LogP contribution in [0, 0.1) is 5.92 Å². The molecule has 0 unspecified atom stereocenters. The van der Waals surface area contributed by atoms with Gasteiger partial charge in [0.05, 0.1) is 0 Å². The maximum absolute atomic E-state index is 5.65. The van der Waals surface area contributed by atoms with E-state index in [0.717, 1.165) is 11.6 Å². The first kappa shape index (κ1) is 9.53. The van der Waals surface area contributed by atoms with Crippen LogP contribution < -0.4 is 11.1 Å². The third-order valence-electron chi connectivity index (χ3n) is 2.90. The van der Waals surface area contributed by atoms with E-state index in [1.165, 1.54) is 37.9 Å². The van der Waals surface area contributed by atoms with E-state index in [-0.39, 0.29) is 0 Å². The molecule has 14 heavy (non-hydrogen) atoms. The van der Waals surface area contributed by atoms with E-state index in [9.17, 15) is 0 Å². The van der Waals surface area contributed by atoms with Gasteiger partial charge < -0.3 is 11.1 Å². The molecule has 1 saturated heterocycles. The van der Waals surface area contributed by atoms with Crippen LogP contribution in [-0.2, 0) is 6.42 Å². The van der Waals surface area contributed by atoms with E-state index in [1.807, 2.05) is 12.1 Å². The molecule has 1 aromatic rings. The number of anilines is 1. The summed E-state index contributed by atoms with van der Waals surface area (Å²) in [6.07, 6.45) is 3.87. The van der Waals surface area contributed by atoms with Gasteiger partial charge in [0.1, 0.15) is 0 Å². The van der Waals surface area contributed by atoms with Gasteiger partial charge in [0, 0.05) is 5.69 Å². The molecule has 1 aliphatic rings. The zero-order valence-corrected chi connectivity index (χ0v) is 8.50. The van der Waals surface area contributed by atoms with E-state index in [2.05, 4.69) is 17.4 Å². The lowest BCUT2D eigenvalue weighted by Crippen LogP contribution is -2.30. The van der Waals surface area contributed by atoms with Crippen molar-refractivity contribution in [3.63, 3.8) is 0 Å². The summed E-state index contributed by atoms with van der Waals surface area (Å²) in [4.78, 5) is 0. The second-order valence-corrected chi connectivity index (χ2v) is 4.16. The van der Waals surface area contributed by atoms with Crippen molar-refractivity contribution < 1.29 is 0 Å². The molecular weight excluding hydrogens is 172 g/mol. The molecule has 2 rings (SSSR count). The lowest BCUT2D eigenvalue weighted by molar-refractivity contribution is 0.376. The van der Waals surface area contributed by atoms with Crippen LogP contribution in [0.4, 0.5) is 5.69 Å². The molecule has 0 spiro atoms. The number of rotatable bonds is 2. The Kier molecular flexibility index (Phi) is 3.04. The van der Waals surface area contributed by atoms with Gasteiger partial charge >= 0.3 is 0 Å². The van der Waals surface area contributed by atoms with Crippen LogP contribution >= 0.6 is 0 Å². The highest BCUT2D eigenvalue weighted by Crippen LogP contribution is 2.17. The van der Waals surface area contributed by atoms with Gasteiger partial charge in [0.15, 0.2) is 0 Å². The molecule has 0 radical (unpaired) electrons. The van der Waals surface area contributed by atoms with Crippen molar-refractivity contribution >= 4 is 5.69 Å². The molecule has 76 valence electrons. The van der Waals surface area contributed by atoms with Crippen LogP contribution in [0.15, 0.2) is 24.3 Å². The summed E-state index contributed by atoms with van der Waals surface area (Å²) >= 11 is 0. The number of hydrogen-bond acceptors (Lipinski definition) is 2. The molecule has 1 aliphatic heterocycles. The molecule has 1 aromatic carbocycles. The number of benzene rings is 1. The zero-order valence-electron chi connectivity index (χ0n) is 8.50. The maximum atomic E-state index is 5.65. The fourth-order valence-corrected chi connectivity index (χ4v) is 2.09. The molecule has 2 heteroatoms. The smallest absolute Gasteiger partial charge is 0.0314 e. The van der Waals surface area contributed by atoms with Crippen LogP contribution in [0.2, 0.25) is 0 Å². The SMILES string of the molecule is Nc1ccc(C[C@@H]2CCCNC2)cc1. The van der Waals surface area contributed by atoms with Crippen molar-refractivity contribution in [2.75, 3.05) is 18.8 Å². The highest BCUT2D eigenvalue weighted by atomic mass is 14.9. The van der Waals surface area contributed by atoms with E-state index in [0.29, 0.717) is 0 Å². The highest BCUT2D eigenvalue weighted by molar-refractivity contribution is 5.39. The highest BCUT2D eigenvalue weighted by Gasteiger charge is 2.12. The largest absolute Gasteiger partial charge is 0.399 e. The van der Waals surface area contributed by atoms with Gasteiger partial charge in [-0.1, -0.05) is 12.1 Å². The van der Waals surface area contributed by atoms with Crippen LogP contribution in [0.1, 0.15) is 18.4 Å². The first-order valence-corrected chi connectivity index (χ1v) is 5.40. The van der Waals surface area contributed by atoms with Crippen LogP contribution in [0.3, 0.4) is 0 Å². The summed E-state index contributed by atoms with van der Waals surface area (Å²) < 4.78 is 0. The first-order valence-electron chi connectivity index (χ1n) is 5.40. The van der Waals surface area contributed by atoms with Gasteiger partial charge in [0.2, 0.25) is 0 Å². The maximum Gasteiger partial charge on any atom is 0.0314 e. The number of nitrogens with two attached hydrogens (primary N) is 1. The topological polar surface area (TPSA) is 38.0 Å². The van der Waals surface area contributed by atoms with Crippen molar-refractivity contribution in [3.8, 4) is 0 Å². The molecule has 2 nitrogen and oxygen atoms in total. The Hall–Kier alpha value is -1.02. The van der Waals surface area contributed by atoms with Gasteiger partial charge in [-0.15, -0.1) is 0 Å². The standard InChI is InChI=1S/C12H18N2/c13-12-5-3-10(4-6-12)8-11-2-1-7-14-9-11/h3-6,11,14H,1-2,7-9,13H2/t11-/m0/s1. The van der Waals surface area contributed by atoms with Crippen LogP contribution in [-0.4, -0.2) is 13.1 Å². The average Bonchev–Trinajstić information content (AvgIpc) is 2.23. The predicted octanol–water partition coefficient (Wildman–Crippen LogP) is 1.81. The van der Waals surface area contributed by atoms with Gasteiger partial charge in [-0.2, -0.15) is 0 Å². The Morgan fingerprint density at radius 2 is 2.07 bits per heavy atom. The minimum Gasteiger partial charge on any atom is -0.399 e. The van der Waals surface area contributed by atoms with Crippen LogP contribution in [0.5, 0.6) is 0 Å². The van der Waals surface area contributed by atoms with Crippen molar-refractivity contribution in [1.29, 1.82) is 0 Å². The predicted molar refractivity (Wildman–Crippen MR) is 60.2 cm³/mol. The summed E-state index contributed by atoms with van der Waals surface area (Å²) in [7, 11) is 0. The number of piperidine rings is 1. The van der Waals surface area contributed by atoms with E-state index in [1.54, 1.807) is 0 Å². The summed E-state index contributed by atoms with van der Waals surface area (Å²) in [5.41, 5.74) is 7.91. The fraction of sp³-hybridized carbons (Fsp3) is 0.500. The van der Waals surface area contributed by atoms with Crippen molar-refractivity contribution in [1.82, 2.24) is 5.32 Å². The normalized spacial score (nSPS) is 22.1.